The van der Waals surface area contributed by atoms with Crippen LogP contribution in [0.4, 0.5) is 0 Å². The highest BCUT2D eigenvalue weighted by Crippen LogP contribution is 2.44. The van der Waals surface area contributed by atoms with E-state index in [9.17, 15) is 0 Å². The minimum absolute atomic E-state index is 1.10. The Hall–Kier alpha value is -2.90. The van der Waals surface area contributed by atoms with Gasteiger partial charge in [0.1, 0.15) is 0 Å². The molecule has 0 unspecified atom stereocenters. The maximum atomic E-state index is 3.70. The molecule has 0 aromatic heterocycles. The van der Waals surface area contributed by atoms with Crippen LogP contribution in [-0.4, -0.2) is 0 Å². The molecule has 5 rings (SSSR count). The van der Waals surface area contributed by atoms with Gasteiger partial charge in [-0.3, -0.25) is 0 Å². The molecule has 28 heavy (non-hydrogen) atoms. The fourth-order valence-corrected chi connectivity index (χ4v) is 4.51. The summed E-state index contributed by atoms with van der Waals surface area (Å²) in [5, 5.41) is 5.16. The second kappa shape index (κ2) is 6.92. The van der Waals surface area contributed by atoms with Crippen LogP contribution < -0.4 is 0 Å². The molecule has 5 aromatic carbocycles. The number of halogens is 1. The Morgan fingerprint density at radius 1 is 0.500 bits per heavy atom. The maximum Gasteiger partial charge on any atom is 0.0181 e. The molecule has 0 saturated heterocycles. The van der Waals surface area contributed by atoms with Gasteiger partial charge in [-0.1, -0.05) is 106 Å². The Morgan fingerprint density at radius 3 is 1.57 bits per heavy atom. The van der Waals surface area contributed by atoms with Gasteiger partial charge < -0.3 is 0 Å². The molecule has 0 nitrogen and oxygen atoms in total. The lowest BCUT2D eigenvalue weighted by Gasteiger charge is -2.18. The van der Waals surface area contributed by atoms with Crippen molar-refractivity contribution in [3.63, 3.8) is 0 Å². The largest absolute Gasteiger partial charge is 0.0622 e. The first kappa shape index (κ1) is 17.2. The molecule has 0 N–H and O–H groups in total. The van der Waals surface area contributed by atoms with Gasteiger partial charge in [0.05, 0.1) is 0 Å². The first-order valence-electron chi connectivity index (χ1n) is 9.49. The van der Waals surface area contributed by atoms with Crippen LogP contribution in [0.5, 0.6) is 0 Å². The number of fused-ring (bicyclic) bond motifs is 2. The molecule has 0 atom stereocenters. The molecule has 0 saturated carbocycles. The monoisotopic (exact) mass is 422 g/mol. The van der Waals surface area contributed by atoms with Gasteiger partial charge in [0, 0.05) is 4.47 Å². The molecule has 5 aromatic rings. The number of aryl methyl sites for hydroxylation is 1. The van der Waals surface area contributed by atoms with Crippen molar-refractivity contribution in [3.05, 3.63) is 107 Å². The number of hydrogen-bond acceptors (Lipinski definition) is 0. The van der Waals surface area contributed by atoms with Crippen molar-refractivity contribution in [3.8, 4) is 22.3 Å². The molecule has 0 bridgehead atoms. The van der Waals surface area contributed by atoms with Crippen molar-refractivity contribution in [1.82, 2.24) is 0 Å². The van der Waals surface area contributed by atoms with E-state index in [0.29, 0.717) is 0 Å². The molecular weight excluding hydrogens is 404 g/mol. The third-order valence-corrected chi connectivity index (χ3v) is 5.85. The summed E-state index contributed by atoms with van der Waals surface area (Å²) >= 11 is 3.70. The van der Waals surface area contributed by atoms with Crippen molar-refractivity contribution < 1.29 is 0 Å². The Kier molecular flexibility index (Phi) is 4.26. The van der Waals surface area contributed by atoms with Crippen molar-refractivity contribution >= 4 is 37.5 Å². The molecule has 0 aliphatic heterocycles. The highest BCUT2D eigenvalue weighted by molar-refractivity contribution is 9.10. The Labute approximate surface area is 173 Å². The number of hydrogen-bond donors (Lipinski definition) is 0. The SMILES string of the molecule is Cc1ccc2c(-c3ccccc3)c3cc(Br)ccc3c(-c3ccccc3)c2c1. The van der Waals surface area contributed by atoms with Gasteiger partial charge in [-0.05, 0) is 62.9 Å². The zero-order valence-electron chi connectivity index (χ0n) is 15.6. The van der Waals surface area contributed by atoms with Crippen molar-refractivity contribution in [2.24, 2.45) is 0 Å². The van der Waals surface area contributed by atoms with Crippen LogP contribution in [0.25, 0.3) is 43.8 Å². The second-order valence-electron chi connectivity index (χ2n) is 7.22. The number of rotatable bonds is 2. The van der Waals surface area contributed by atoms with Crippen LogP contribution >= 0.6 is 15.9 Å². The van der Waals surface area contributed by atoms with Crippen molar-refractivity contribution in [2.75, 3.05) is 0 Å². The van der Waals surface area contributed by atoms with Crippen LogP contribution in [0, 0.1) is 6.92 Å². The van der Waals surface area contributed by atoms with E-state index in [0.717, 1.165) is 4.47 Å². The minimum Gasteiger partial charge on any atom is -0.0622 e. The first-order chi connectivity index (χ1) is 13.7. The molecule has 1 heteroatoms. The molecule has 0 radical (unpaired) electrons. The topological polar surface area (TPSA) is 0 Å². The standard InChI is InChI=1S/C27H19Br/c1-18-12-14-22-24(16-18)26(19-8-4-2-5-9-19)23-15-13-21(28)17-25(23)27(22)20-10-6-3-7-11-20/h2-17H,1H3. The van der Waals surface area contributed by atoms with Crippen LogP contribution in [0.2, 0.25) is 0 Å². The zero-order valence-corrected chi connectivity index (χ0v) is 17.2. The lowest BCUT2D eigenvalue weighted by atomic mass is 9.85. The van der Waals surface area contributed by atoms with Gasteiger partial charge >= 0.3 is 0 Å². The maximum absolute atomic E-state index is 3.70. The lowest BCUT2D eigenvalue weighted by molar-refractivity contribution is 1.51. The molecule has 134 valence electrons. The Balaban J connectivity index is 2.05. The Bertz CT molecular complexity index is 1200. The van der Waals surface area contributed by atoms with Crippen LogP contribution in [-0.2, 0) is 0 Å². The first-order valence-corrected chi connectivity index (χ1v) is 10.3. The van der Waals surface area contributed by atoms with E-state index in [1.165, 1.54) is 49.4 Å². The molecule has 0 spiro atoms. The summed E-state index contributed by atoms with van der Waals surface area (Å²) in [7, 11) is 0. The van der Waals surface area contributed by atoms with Gasteiger partial charge in [-0.2, -0.15) is 0 Å². The lowest BCUT2D eigenvalue weighted by Crippen LogP contribution is -1.91. The summed E-state index contributed by atoms with van der Waals surface area (Å²) < 4.78 is 1.10. The minimum atomic E-state index is 1.10. The van der Waals surface area contributed by atoms with E-state index >= 15 is 0 Å². The van der Waals surface area contributed by atoms with Gasteiger partial charge in [0.15, 0.2) is 0 Å². The summed E-state index contributed by atoms with van der Waals surface area (Å²) in [6, 6.07) is 34.9. The fourth-order valence-electron chi connectivity index (χ4n) is 4.15. The fraction of sp³-hybridized carbons (Fsp3) is 0.0370. The molecule has 0 aliphatic carbocycles. The smallest absolute Gasteiger partial charge is 0.0181 e. The average Bonchev–Trinajstić information content (AvgIpc) is 2.73. The van der Waals surface area contributed by atoms with E-state index in [-0.39, 0.29) is 0 Å². The van der Waals surface area contributed by atoms with E-state index in [4.69, 9.17) is 0 Å². The predicted octanol–water partition coefficient (Wildman–Crippen LogP) is 8.40. The van der Waals surface area contributed by atoms with Gasteiger partial charge in [-0.15, -0.1) is 0 Å². The van der Waals surface area contributed by atoms with Gasteiger partial charge in [0.25, 0.3) is 0 Å². The van der Waals surface area contributed by atoms with Gasteiger partial charge in [0.2, 0.25) is 0 Å². The van der Waals surface area contributed by atoms with E-state index in [1.54, 1.807) is 0 Å². The third-order valence-electron chi connectivity index (χ3n) is 5.36. The highest BCUT2D eigenvalue weighted by atomic mass is 79.9. The number of benzene rings is 5. The summed E-state index contributed by atoms with van der Waals surface area (Å²) in [4.78, 5) is 0. The van der Waals surface area contributed by atoms with Crippen molar-refractivity contribution in [2.45, 2.75) is 6.92 Å². The van der Waals surface area contributed by atoms with E-state index < -0.39 is 0 Å². The van der Waals surface area contributed by atoms with Crippen LogP contribution in [0.1, 0.15) is 5.56 Å². The summed E-state index contributed by atoms with van der Waals surface area (Å²) in [5.41, 5.74) is 6.39. The highest BCUT2D eigenvalue weighted by Gasteiger charge is 2.16. The predicted molar refractivity (Wildman–Crippen MR) is 125 cm³/mol. The molecule has 0 fully saturated rings. The normalized spacial score (nSPS) is 11.2. The molecule has 0 heterocycles. The van der Waals surface area contributed by atoms with E-state index in [2.05, 4.69) is 120 Å². The van der Waals surface area contributed by atoms with E-state index in [1.807, 2.05) is 0 Å². The molecule has 0 aliphatic rings. The molecular formula is C27H19Br. The van der Waals surface area contributed by atoms with Gasteiger partial charge in [-0.25, -0.2) is 0 Å². The summed E-state index contributed by atoms with van der Waals surface area (Å²) in [5.74, 6) is 0. The van der Waals surface area contributed by atoms with Crippen LogP contribution in [0.15, 0.2) is 102 Å². The summed E-state index contributed by atoms with van der Waals surface area (Å²) in [6.45, 7) is 2.17. The van der Waals surface area contributed by atoms with Crippen molar-refractivity contribution in [1.29, 1.82) is 0 Å². The summed E-state index contributed by atoms with van der Waals surface area (Å²) in [6.07, 6.45) is 0. The Morgan fingerprint density at radius 2 is 1.00 bits per heavy atom. The van der Waals surface area contributed by atoms with Crippen LogP contribution in [0.3, 0.4) is 0 Å². The molecule has 0 amide bonds. The zero-order chi connectivity index (χ0) is 19.1. The second-order valence-corrected chi connectivity index (χ2v) is 8.14. The average molecular weight is 423 g/mol. The third kappa shape index (κ3) is 2.83. The quantitative estimate of drug-likeness (QED) is 0.250.